The summed E-state index contributed by atoms with van der Waals surface area (Å²) in [5, 5.41) is 0. The van der Waals surface area contributed by atoms with Crippen LogP contribution in [0.15, 0.2) is 24.3 Å². The van der Waals surface area contributed by atoms with Crippen molar-refractivity contribution in [2.75, 3.05) is 13.2 Å². The van der Waals surface area contributed by atoms with Crippen LogP contribution < -0.4 is 10.5 Å². The first-order chi connectivity index (χ1) is 9.30. The van der Waals surface area contributed by atoms with E-state index in [1.54, 1.807) is 24.3 Å². The molecule has 0 amide bonds. The summed E-state index contributed by atoms with van der Waals surface area (Å²) in [7, 11) is -3.40. The predicted octanol–water partition coefficient (Wildman–Crippen LogP) is 0.919. The van der Waals surface area contributed by atoms with Crippen molar-refractivity contribution >= 4 is 27.2 Å². The molecule has 1 atom stereocenters. The lowest BCUT2D eigenvalue weighted by molar-refractivity contribution is 0.178. The maximum Gasteiger partial charge on any atom is 0.216 e. The van der Waals surface area contributed by atoms with E-state index in [1.165, 1.54) is 0 Å². The van der Waals surface area contributed by atoms with Crippen molar-refractivity contribution in [2.45, 2.75) is 24.6 Å². The zero-order valence-electron chi connectivity index (χ0n) is 11.3. The molecule has 7 heteroatoms. The van der Waals surface area contributed by atoms with Crippen LogP contribution in [0.4, 0.5) is 0 Å². The molecule has 1 heterocycles. The highest BCUT2D eigenvalue weighted by molar-refractivity contribution is 7.88. The van der Waals surface area contributed by atoms with Crippen molar-refractivity contribution in [3.05, 3.63) is 35.4 Å². The Kier molecular flexibility index (Phi) is 4.43. The highest BCUT2D eigenvalue weighted by Crippen LogP contribution is 2.19. The lowest BCUT2D eigenvalue weighted by Gasteiger charge is -2.23. The van der Waals surface area contributed by atoms with Gasteiger partial charge in [-0.25, -0.2) is 13.1 Å². The van der Waals surface area contributed by atoms with Crippen LogP contribution in [0.2, 0.25) is 0 Å². The van der Waals surface area contributed by atoms with Gasteiger partial charge in [0.15, 0.2) is 0 Å². The summed E-state index contributed by atoms with van der Waals surface area (Å²) in [5.74, 6) is -0.0692. The van der Waals surface area contributed by atoms with E-state index in [0.29, 0.717) is 30.2 Å². The smallest absolute Gasteiger partial charge is 0.216 e. The van der Waals surface area contributed by atoms with Gasteiger partial charge in [-0.3, -0.25) is 0 Å². The number of ether oxygens (including phenoxy) is 1. The molecule has 0 radical (unpaired) electrons. The minimum Gasteiger partial charge on any atom is -0.389 e. The van der Waals surface area contributed by atoms with Crippen molar-refractivity contribution < 1.29 is 13.2 Å². The van der Waals surface area contributed by atoms with E-state index in [9.17, 15) is 8.42 Å². The van der Waals surface area contributed by atoms with Gasteiger partial charge in [-0.1, -0.05) is 36.5 Å². The number of nitrogens with one attached hydrogen (secondary N) is 1. The average Bonchev–Trinajstić information content (AvgIpc) is 2.74. The van der Waals surface area contributed by atoms with Crippen molar-refractivity contribution in [3.8, 4) is 0 Å². The second kappa shape index (κ2) is 5.77. The molecule has 2 rings (SSSR count). The molecular weight excluding hydrogens is 296 g/mol. The fourth-order valence-corrected chi connectivity index (χ4v) is 3.90. The molecule has 5 nitrogen and oxygen atoms in total. The third-order valence-electron chi connectivity index (χ3n) is 3.22. The summed E-state index contributed by atoms with van der Waals surface area (Å²) in [6, 6.07) is 6.91. The highest BCUT2D eigenvalue weighted by Gasteiger charge is 2.33. The Balaban J connectivity index is 2.06. The molecule has 20 heavy (non-hydrogen) atoms. The zero-order chi connectivity index (χ0) is 14.8. The van der Waals surface area contributed by atoms with Crippen LogP contribution >= 0.6 is 12.2 Å². The Morgan fingerprint density at radius 2 is 2.10 bits per heavy atom. The Morgan fingerprint density at radius 1 is 1.45 bits per heavy atom. The molecule has 0 bridgehead atoms. The van der Waals surface area contributed by atoms with Crippen LogP contribution in [-0.4, -0.2) is 32.2 Å². The number of hydrogen-bond donors (Lipinski definition) is 2. The van der Waals surface area contributed by atoms with Gasteiger partial charge in [-0.2, -0.15) is 0 Å². The van der Waals surface area contributed by atoms with Crippen LogP contribution in [0.5, 0.6) is 0 Å². The highest BCUT2D eigenvalue weighted by atomic mass is 32.2. The number of thiocarbonyl (C=S) groups is 1. The summed E-state index contributed by atoms with van der Waals surface area (Å²) in [6.45, 7) is 2.85. The van der Waals surface area contributed by atoms with Gasteiger partial charge in [0.2, 0.25) is 10.0 Å². The molecule has 1 aliphatic heterocycles. The molecule has 0 aromatic heterocycles. The lowest BCUT2D eigenvalue weighted by atomic mass is 10.0. The minimum absolute atomic E-state index is 0.0692. The van der Waals surface area contributed by atoms with E-state index in [2.05, 4.69) is 4.72 Å². The first kappa shape index (κ1) is 15.4. The quantitative estimate of drug-likeness (QED) is 0.790. The molecule has 0 saturated carbocycles. The molecule has 1 aromatic rings. The largest absolute Gasteiger partial charge is 0.389 e. The summed E-state index contributed by atoms with van der Waals surface area (Å²) in [5.41, 5.74) is 6.42. The van der Waals surface area contributed by atoms with Gasteiger partial charge in [-0.05, 0) is 18.9 Å². The van der Waals surface area contributed by atoms with Crippen LogP contribution in [0.1, 0.15) is 24.5 Å². The third kappa shape index (κ3) is 3.99. The molecule has 0 spiro atoms. The minimum atomic E-state index is -3.40. The van der Waals surface area contributed by atoms with Gasteiger partial charge in [0, 0.05) is 12.2 Å². The van der Waals surface area contributed by atoms with Crippen LogP contribution in [0, 0.1) is 0 Å². The van der Waals surface area contributed by atoms with Gasteiger partial charge in [0.25, 0.3) is 0 Å². The van der Waals surface area contributed by atoms with Crippen molar-refractivity contribution in [1.82, 2.24) is 4.72 Å². The number of hydrogen-bond acceptors (Lipinski definition) is 4. The summed E-state index contributed by atoms with van der Waals surface area (Å²) in [6.07, 6.45) is 0.687. The molecule has 3 N–H and O–H groups in total. The molecule has 1 aliphatic rings. The van der Waals surface area contributed by atoms with Gasteiger partial charge >= 0.3 is 0 Å². The van der Waals surface area contributed by atoms with Gasteiger partial charge < -0.3 is 10.5 Å². The van der Waals surface area contributed by atoms with E-state index in [4.69, 9.17) is 22.7 Å². The second-order valence-electron chi connectivity index (χ2n) is 5.29. The van der Waals surface area contributed by atoms with Gasteiger partial charge in [-0.15, -0.1) is 0 Å². The zero-order valence-corrected chi connectivity index (χ0v) is 12.9. The van der Waals surface area contributed by atoms with E-state index in [1.807, 2.05) is 6.92 Å². The number of sulfonamides is 1. The maximum atomic E-state index is 12.2. The molecule has 110 valence electrons. The Hall–Kier alpha value is -1.02. The van der Waals surface area contributed by atoms with E-state index in [0.717, 1.165) is 5.56 Å². The van der Waals surface area contributed by atoms with Gasteiger partial charge in [0.1, 0.15) is 4.99 Å². The SMILES string of the molecule is CC1(NS(=O)(=O)Cc2ccc(C(N)=S)cc2)CCOC1. The Morgan fingerprint density at radius 3 is 2.60 bits per heavy atom. The molecule has 1 unspecified atom stereocenters. The number of nitrogens with two attached hydrogens (primary N) is 1. The number of rotatable bonds is 5. The maximum absolute atomic E-state index is 12.2. The molecule has 1 aromatic carbocycles. The van der Waals surface area contributed by atoms with Crippen molar-refractivity contribution in [1.29, 1.82) is 0 Å². The van der Waals surface area contributed by atoms with Crippen LogP contribution in [-0.2, 0) is 20.5 Å². The predicted molar refractivity (Wildman–Crippen MR) is 81.9 cm³/mol. The van der Waals surface area contributed by atoms with Crippen LogP contribution in [0.3, 0.4) is 0 Å². The van der Waals surface area contributed by atoms with Crippen molar-refractivity contribution in [3.63, 3.8) is 0 Å². The summed E-state index contributed by atoms with van der Waals surface area (Å²) < 4.78 is 32.3. The monoisotopic (exact) mass is 314 g/mol. The average molecular weight is 314 g/mol. The summed E-state index contributed by atoms with van der Waals surface area (Å²) >= 11 is 4.86. The fraction of sp³-hybridized carbons (Fsp3) is 0.462. The van der Waals surface area contributed by atoms with E-state index >= 15 is 0 Å². The standard InChI is InChI=1S/C13H18N2O3S2/c1-13(6-7-18-9-13)15-20(16,17)8-10-2-4-11(5-3-10)12(14)19/h2-5,15H,6-9H2,1H3,(H2,14,19). The lowest BCUT2D eigenvalue weighted by Crippen LogP contribution is -2.46. The van der Waals surface area contributed by atoms with E-state index in [-0.39, 0.29) is 5.75 Å². The topological polar surface area (TPSA) is 81.4 Å². The Labute approximate surface area is 124 Å². The third-order valence-corrected chi connectivity index (χ3v) is 4.97. The normalized spacial score (nSPS) is 22.9. The van der Waals surface area contributed by atoms with Crippen LogP contribution in [0.25, 0.3) is 0 Å². The number of benzene rings is 1. The molecule has 1 fully saturated rings. The second-order valence-corrected chi connectivity index (χ2v) is 7.45. The van der Waals surface area contributed by atoms with Gasteiger partial charge in [0.05, 0.1) is 17.9 Å². The Bertz CT molecular complexity index is 591. The van der Waals surface area contributed by atoms with Crippen molar-refractivity contribution in [2.24, 2.45) is 5.73 Å². The molecule has 1 saturated heterocycles. The summed E-state index contributed by atoms with van der Waals surface area (Å²) in [4.78, 5) is 0.299. The molecular formula is C13H18N2O3S2. The van der Waals surface area contributed by atoms with E-state index < -0.39 is 15.6 Å². The first-order valence-electron chi connectivity index (χ1n) is 6.28. The first-order valence-corrected chi connectivity index (χ1v) is 8.34. The molecule has 0 aliphatic carbocycles. The fourth-order valence-electron chi connectivity index (χ4n) is 2.14.